The van der Waals surface area contributed by atoms with Crippen LogP contribution in [0, 0.1) is 0 Å². The van der Waals surface area contributed by atoms with Crippen molar-refractivity contribution in [3.05, 3.63) is 24.3 Å². The van der Waals surface area contributed by atoms with Gasteiger partial charge < -0.3 is 5.32 Å². The number of hydrogen-bond donors (Lipinski definition) is 1. The van der Waals surface area contributed by atoms with E-state index in [1.54, 1.807) is 11.3 Å². The van der Waals surface area contributed by atoms with Gasteiger partial charge in [0.15, 0.2) is 5.13 Å². The lowest BCUT2D eigenvalue weighted by atomic mass is 10.3. The lowest BCUT2D eigenvalue weighted by Gasteiger charge is -1.94. The van der Waals surface area contributed by atoms with Crippen LogP contribution in [0.25, 0.3) is 10.2 Å². The summed E-state index contributed by atoms with van der Waals surface area (Å²) in [5.74, 6) is 0. The second-order valence-corrected chi connectivity index (χ2v) is 4.44. The number of thiazole rings is 1. The molecular formula is C10H10N2S. The zero-order chi connectivity index (χ0) is 8.67. The van der Waals surface area contributed by atoms with Crippen molar-refractivity contribution in [3.63, 3.8) is 0 Å². The van der Waals surface area contributed by atoms with Gasteiger partial charge in [-0.3, -0.25) is 0 Å². The Morgan fingerprint density at radius 3 is 2.92 bits per heavy atom. The zero-order valence-electron chi connectivity index (χ0n) is 7.16. The van der Waals surface area contributed by atoms with E-state index in [0.717, 1.165) is 10.6 Å². The number of rotatable bonds is 2. The number of aromatic nitrogens is 1. The van der Waals surface area contributed by atoms with Crippen molar-refractivity contribution in [1.82, 2.24) is 4.98 Å². The van der Waals surface area contributed by atoms with Gasteiger partial charge in [0, 0.05) is 6.04 Å². The molecule has 2 nitrogen and oxygen atoms in total. The van der Waals surface area contributed by atoms with E-state index in [9.17, 15) is 0 Å². The molecule has 0 saturated heterocycles. The maximum Gasteiger partial charge on any atom is 0.184 e. The molecule has 0 unspecified atom stereocenters. The molecule has 3 rings (SSSR count). The molecule has 1 saturated carbocycles. The predicted molar refractivity (Wildman–Crippen MR) is 56.3 cm³/mol. The van der Waals surface area contributed by atoms with Gasteiger partial charge >= 0.3 is 0 Å². The van der Waals surface area contributed by atoms with E-state index < -0.39 is 0 Å². The summed E-state index contributed by atoms with van der Waals surface area (Å²) in [6.45, 7) is 0. The molecule has 0 bridgehead atoms. The van der Waals surface area contributed by atoms with E-state index in [1.807, 2.05) is 6.07 Å². The van der Waals surface area contributed by atoms with Crippen LogP contribution in [0.2, 0.25) is 0 Å². The van der Waals surface area contributed by atoms with E-state index >= 15 is 0 Å². The lowest BCUT2D eigenvalue weighted by Crippen LogP contribution is -1.99. The third kappa shape index (κ3) is 1.40. The number of fused-ring (bicyclic) bond motifs is 1. The van der Waals surface area contributed by atoms with Crippen LogP contribution in [0.3, 0.4) is 0 Å². The van der Waals surface area contributed by atoms with Crippen LogP contribution in [0.5, 0.6) is 0 Å². The molecule has 1 aliphatic carbocycles. The highest BCUT2D eigenvalue weighted by molar-refractivity contribution is 7.22. The summed E-state index contributed by atoms with van der Waals surface area (Å²) in [6, 6.07) is 8.96. The molecular weight excluding hydrogens is 180 g/mol. The Bertz CT molecular complexity index is 398. The standard InChI is InChI=1S/C10H10N2S/c1-2-4-9-8(3-1)12-10(13-9)11-7-5-6-7/h1-4,7H,5-6H2,(H,11,12). The van der Waals surface area contributed by atoms with Gasteiger partial charge in [-0.15, -0.1) is 0 Å². The molecule has 1 N–H and O–H groups in total. The fourth-order valence-corrected chi connectivity index (χ4v) is 2.28. The third-order valence-corrected chi connectivity index (χ3v) is 3.17. The van der Waals surface area contributed by atoms with Gasteiger partial charge in [-0.05, 0) is 25.0 Å². The molecule has 0 radical (unpaired) electrons. The van der Waals surface area contributed by atoms with Crippen LogP contribution in [0.4, 0.5) is 5.13 Å². The second kappa shape index (κ2) is 2.70. The third-order valence-electron chi connectivity index (χ3n) is 2.20. The molecule has 1 heterocycles. The van der Waals surface area contributed by atoms with Crippen molar-refractivity contribution in [2.75, 3.05) is 5.32 Å². The van der Waals surface area contributed by atoms with Gasteiger partial charge in [0.25, 0.3) is 0 Å². The average Bonchev–Trinajstić information content (AvgIpc) is 2.85. The Balaban J connectivity index is 2.00. The van der Waals surface area contributed by atoms with Crippen LogP contribution in [-0.4, -0.2) is 11.0 Å². The van der Waals surface area contributed by atoms with E-state index in [1.165, 1.54) is 17.5 Å². The molecule has 1 aliphatic rings. The van der Waals surface area contributed by atoms with Crippen LogP contribution in [-0.2, 0) is 0 Å². The summed E-state index contributed by atoms with van der Waals surface area (Å²) in [4.78, 5) is 4.50. The van der Waals surface area contributed by atoms with E-state index in [4.69, 9.17) is 0 Å². The van der Waals surface area contributed by atoms with Crippen LogP contribution >= 0.6 is 11.3 Å². The Hall–Kier alpha value is -1.09. The summed E-state index contributed by atoms with van der Waals surface area (Å²) in [5.41, 5.74) is 1.11. The maximum absolute atomic E-state index is 4.50. The minimum atomic E-state index is 0.695. The molecule has 66 valence electrons. The average molecular weight is 190 g/mol. The SMILES string of the molecule is c1ccc2sc(NC3CC3)nc2c1. The van der Waals surface area contributed by atoms with Crippen molar-refractivity contribution in [2.45, 2.75) is 18.9 Å². The number of hydrogen-bond acceptors (Lipinski definition) is 3. The highest BCUT2D eigenvalue weighted by atomic mass is 32.1. The first-order valence-corrected chi connectivity index (χ1v) is 5.35. The Morgan fingerprint density at radius 1 is 1.31 bits per heavy atom. The first kappa shape index (κ1) is 7.33. The van der Waals surface area contributed by atoms with Gasteiger partial charge in [-0.1, -0.05) is 23.5 Å². The molecule has 1 aromatic carbocycles. The van der Waals surface area contributed by atoms with Crippen molar-refractivity contribution in [1.29, 1.82) is 0 Å². The number of nitrogens with zero attached hydrogens (tertiary/aromatic N) is 1. The van der Waals surface area contributed by atoms with E-state index in [0.29, 0.717) is 6.04 Å². The molecule has 0 aliphatic heterocycles. The highest BCUT2D eigenvalue weighted by Gasteiger charge is 2.21. The van der Waals surface area contributed by atoms with Crippen molar-refractivity contribution in [2.24, 2.45) is 0 Å². The Kier molecular flexibility index (Phi) is 1.52. The topological polar surface area (TPSA) is 24.9 Å². The zero-order valence-corrected chi connectivity index (χ0v) is 7.97. The van der Waals surface area contributed by atoms with Gasteiger partial charge in [0.2, 0.25) is 0 Å². The summed E-state index contributed by atoms with van der Waals surface area (Å²) in [7, 11) is 0. The maximum atomic E-state index is 4.50. The van der Waals surface area contributed by atoms with Gasteiger partial charge in [-0.25, -0.2) is 4.98 Å². The van der Waals surface area contributed by atoms with Crippen molar-refractivity contribution < 1.29 is 0 Å². The highest BCUT2D eigenvalue weighted by Crippen LogP contribution is 2.30. The van der Waals surface area contributed by atoms with E-state index in [2.05, 4.69) is 28.5 Å². The molecule has 1 fully saturated rings. The van der Waals surface area contributed by atoms with Crippen LogP contribution in [0.1, 0.15) is 12.8 Å². The minimum absolute atomic E-state index is 0.695. The number of nitrogens with one attached hydrogen (secondary N) is 1. The molecule has 13 heavy (non-hydrogen) atoms. The first-order valence-electron chi connectivity index (χ1n) is 4.54. The lowest BCUT2D eigenvalue weighted by molar-refractivity contribution is 1.14. The van der Waals surface area contributed by atoms with Gasteiger partial charge in [-0.2, -0.15) is 0 Å². The fraction of sp³-hybridized carbons (Fsp3) is 0.300. The largest absolute Gasteiger partial charge is 0.359 e. The summed E-state index contributed by atoms with van der Waals surface area (Å²) in [5, 5.41) is 4.49. The number of anilines is 1. The Labute approximate surface area is 80.6 Å². The molecule has 0 spiro atoms. The number of para-hydroxylation sites is 1. The predicted octanol–water partition coefficient (Wildman–Crippen LogP) is 2.87. The normalized spacial score (nSPS) is 16.3. The summed E-state index contributed by atoms with van der Waals surface area (Å²) in [6.07, 6.45) is 2.60. The molecule has 0 amide bonds. The first-order chi connectivity index (χ1) is 6.42. The van der Waals surface area contributed by atoms with Crippen LogP contribution < -0.4 is 5.32 Å². The molecule has 3 heteroatoms. The van der Waals surface area contributed by atoms with Crippen molar-refractivity contribution in [3.8, 4) is 0 Å². The van der Waals surface area contributed by atoms with Crippen LogP contribution in [0.15, 0.2) is 24.3 Å². The smallest absolute Gasteiger partial charge is 0.184 e. The minimum Gasteiger partial charge on any atom is -0.359 e. The fourth-order valence-electron chi connectivity index (χ4n) is 1.34. The summed E-state index contributed by atoms with van der Waals surface area (Å²) < 4.78 is 1.27. The van der Waals surface area contributed by atoms with E-state index in [-0.39, 0.29) is 0 Å². The van der Waals surface area contributed by atoms with Gasteiger partial charge in [0.05, 0.1) is 10.2 Å². The molecule has 0 atom stereocenters. The van der Waals surface area contributed by atoms with Crippen molar-refractivity contribution >= 4 is 26.7 Å². The number of benzene rings is 1. The monoisotopic (exact) mass is 190 g/mol. The van der Waals surface area contributed by atoms with Gasteiger partial charge in [0.1, 0.15) is 0 Å². The second-order valence-electron chi connectivity index (χ2n) is 3.41. The summed E-state index contributed by atoms with van der Waals surface area (Å²) >= 11 is 1.74. The Morgan fingerprint density at radius 2 is 2.15 bits per heavy atom. The molecule has 1 aromatic heterocycles. The molecule has 2 aromatic rings. The quantitative estimate of drug-likeness (QED) is 0.787.